The first-order valence-corrected chi connectivity index (χ1v) is 5.75. The molecule has 96 valence electrons. The Morgan fingerprint density at radius 2 is 2.24 bits per heavy atom. The third-order valence-electron chi connectivity index (χ3n) is 4.03. The van der Waals surface area contributed by atoms with Crippen LogP contribution >= 0.6 is 0 Å². The third kappa shape index (κ3) is 1.63. The first-order chi connectivity index (χ1) is 8.06. The largest absolute Gasteiger partial charge is 0.481 e. The number of nitrogens with zero attached hydrogens (tertiary/aromatic N) is 1. The van der Waals surface area contributed by atoms with Gasteiger partial charge in [-0.15, -0.1) is 0 Å². The second-order valence-corrected chi connectivity index (χ2v) is 4.72. The average Bonchev–Trinajstić information content (AvgIpc) is 2.83. The summed E-state index contributed by atoms with van der Waals surface area (Å²) >= 11 is 0. The molecule has 2 saturated heterocycles. The van der Waals surface area contributed by atoms with E-state index in [1.807, 2.05) is 4.90 Å². The Balaban J connectivity index is 2.33. The van der Waals surface area contributed by atoms with Crippen molar-refractivity contribution in [3.8, 4) is 0 Å². The van der Waals surface area contributed by atoms with E-state index in [0.717, 1.165) is 6.42 Å². The van der Waals surface area contributed by atoms with E-state index in [1.165, 1.54) is 7.11 Å². The Labute approximate surface area is 99.2 Å². The van der Waals surface area contributed by atoms with Crippen LogP contribution in [0.25, 0.3) is 0 Å². The highest BCUT2D eigenvalue weighted by molar-refractivity contribution is 5.84. The van der Waals surface area contributed by atoms with Gasteiger partial charge in [-0.05, 0) is 25.8 Å². The Bertz CT molecular complexity index is 345. The van der Waals surface area contributed by atoms with Crippen molar-refractivity contribution in [1.29, 1.82) is 0 Å². The van der Waals surface area contributed by atoms with Gasteiger partial charge in [-0.2, -0.15) is 0 Å². The number of methoxy groups -OCH3 is 1. The summed E-state index contributed by atoms with van der Waals surface area (Å²) in [5.74, 6) is -2.03. The first-order valence-electron chi connectivity index (χ1n) is 5.75. The van der Waals surface area contributed by atoms with Crippen LogP contribution in [0.2, 0.25) is 0 Å². The quantitative estimate of drug-likeness (QED) is 0.647. The van der Waals surface area contributed by atoms with E-state index in [-0.39, 0.29) is 19.0 Å². The molecule has 0 aliphatic carbocycles. The van der Waals surface area contributed by atoms with E-state index in [4.69, 9.17) is 9.84 Å². The summed E-state index contributed by atoms with van der Waals surface area (Å²) in [7, 11) is 1.32. The molecule has 6 heteroatoms. The number of aliphatic carboxylic acids is 1. The summed E-state index contributed by atoms with van der Waals surface area (Å²) < 4.78 is 4.80. The van der Waals surface area contributed by atoms with E-state index >= 15 is 0 Å². The molecule has 0 aromatic carbocycles. The van der Waals surface area contributed by atoms with Gasteiger partial charge in [-0.1, -0.05) is 0 Å². The molecule has 6 nitrogen and oxygen atoms in total. The van der Waals surface area contributed by atoms with Crippen molar-refractivity contribution in [2.75, 3.05) is 20.3 Å². The number of rotatable bonds is 3. The Morgan fingerprint density at radius 1 is 1.53 bits per heavy atom. The van der Waals surface area contributed by atoms with Crippen LogP contribution in [-0.2, 0) is 14.3 Å². The molecule has 2 heterocycles. The SMILES string of the molecule is COC(=O)[C@]12CCCN1[C@@H](CO)[C@@H](C(=O)O)C2. The normalized spacial score (nSPS) is 36.8. The molecule has 17 heavy (non-hydrogen) atoms. The monoisotopic (exact) mass is 243 g/mol. The highest BCUT2D eigenvalue weighted by atomic mass is 16.5. The maximum atomic E-state index is 11.9. The number of hydrogen-bond acceptors (Lipinski definition) is 5. The molecule has 0 radical (unpaired) electrons. The van der Waals surface area contributed by atoms with Crippen LogP contribution in [0.4, 0.5) is 0 Å². The molecule has 2 rings (SSSR count). The minimum atomic E-state index is -0.957. The lowest BCUT2D eigenvalue weighted by atomic mass is 9.89. The highest BCUT2D eigenvalue weighted by Crippen LogP contribution is 2.46. The Morgan fingerprint density at radius 3 is 2.76 bits per heavy atom. The lowest BCUT2D eigenvalue weighted by molar-refractivity contribution is -0.152. The van der Waals surface area contributed by atoms with E-state index in [0.29, 0.717) is 13.0 Å². The van der Waals surface area contributed by atoms with Gasteiger partial charge in [0, 0.05) is 6.04 Å². The molecule has 0 amide bonds. The summed E-state index contributed by atoms with van der Waals surface area (Å²) in [5, 5.41) is 18.5. The predicted octanol–water partition coefficient (Wildman–Crippen LogP) is -0.541. The van der Waals surface area contributed by atoms with Gasteiger partial charge in [0.1, 0.15) is 5.54 Å². The second-order valence-electron chi connectivity index (χ2n) is 4.72. The molecule has 0 aromatic heterocycles. The van der Waals surface area contributed by atoms with E-state index in [2.05, 4.69) is 0 Å². The molecule has 2 fully saturated rings. The van der Waals surface area contributed by atoms with Crippen molar-refractivity contribution in [3.05, 3.63) is 0 Å². The number of ether oxygens (including phenoxy) is 1. The molecule has 0 bridgehead atoms. The standard InChI is InChI=1S/C11H17NO5/c1-17-10(16)11-3-2-4-12(11)8(6-13)7(5-11)9(14)15/h7-8,13H,2-6H2,1H3,(H,14,15)/t7-,8-,11+/m0/s1. The van der Waals surface area contributed by atoms with Gasteiger partial charge in [0.15, 0.2) is 0 Å². The number of carboxylic acids is 1. The zero-order valence-electron chi connectivity index (χ0n) is 9.76. The number of carboxylic acid groups (broad SMARTS) is 1. The van der Waals surface area contributed by atoms with Crippen molar-refractivity contribution >= 4 is 11.9 Å². The van der Waals surface area contributed by atoms with Crippen molar-refractivity contribution in [2.45, 2.75) is 30.8 Å². The van der Waals surface area contributed by atoms with Crippen molar-refractivity contribution in [1.82, 2.24) is 4.90 Å². The molecule has 2 aliphatic heterocycles. The number of carbonyl (C=O) groups excluding carboxylic acids is 1. The Hall–Kier alpha value is -1.14. The van der Waals surface area contributed by atoms with Gasteiger partial charge in [-0.3, -0.25) is 14.5 Å². The van der Waals surface area contributed by atoms with Gasteiger partial charge >= 0.3 is 11.9 Å². The summed E-state index contributed by atoms with van der Waals surface area (Å²) in [6.45, 7) is 0.403. The van der Waals surface area contributed by atoms with Gasteiger partial charge in [-0.25, -0.2) is 0 Å². The fourth-order valence-corrected chi connectivity index (χ4v) is 3.29. The predicted molar refractivity (Wildman–Crippen MR) is 57.3 cm³/mol. The van der Waals surface area contributed by atoms with Gasteiger partial charge in [0.25, 0.3) is 0 Å². The second kappa shape index (κ2) is 4.27. The molecule has 3 atom stereocenters. The van der Waals surface area contributed by atoms with Crippen LogP contribution in [0.5, 0.6) is 0 Å². The van der Waals surface area contributed by atoms with Crippen LogP contribution in [0.1, 0.15) is 19.3 Å². The van der Waals surface area contributed by atoms with Crippen LogP contribution in [-0.4, -0.2) is 58.9 Å². The average molecular weight is 243 g/mol. The fourth-order valence-electron chi connectivity index (χ4n) is 3.29. The molecule has 2 N–H and O–H groups in total. The van der Waals surface area contributed by atoms with Crippen molar-refractivity contribution < 1.29 is 24.5 Å². The molecule has 0 spiro atoms. The van der Waals surface area contributed by atoms with E-state index in [1.54, 1.807) is 0 Å². The molecule has 0 unspecified atom stereocenters. The molecule has 2 aliphatic rings. The fraction of sp³-hybridized carbons (Fsp3) is 0.818. The topological polar surface area (TPSA) is 87.1 Å². The van der Waals surface area contributed by atoms with Crippen LogP contribution in [0.3, 0.4) is 0 Å². The van der Waals surface area contributed by atoms with Gasteiger partial charge < -0.3 is 14.9 Å². The number of esters is 1. The lowest BCUT2D eigenvalue weighted by Crippen LogP contribution is -2.50. The van der Waals surface area contributed by atoms with Crippen LogP contribution in [0.15, 0.2) is 0 Å². The minimum Gasteiger partial charge on any atom is -0.481 e. The maximum absolute atomic E-state index is 11.9. The first kappa shape index (κ1) is 12.3. The summed E-state index contributed by atoms with van der Waals surface area (Å²) in [4.78, 5) is 24.9. The summed E-state index contributed by atoms with van der Waals surface area (Å²) in [6, 6.07) is -0.478. The van der Waals surface area contributed by atoms with Gasteiger partial charge in [0.2, 0.25) is 0 Å². The summed E-state index contributed by atoms with van der Waals surface area (Å²) in [6.07, 6.45) is 1.68. The molecular formula is C11H17NO5. The highest BCUT2D eigenvalue weighted by Gasteiger charge is 2.60. The van der Waals surface area contributed by atoms with E-state index in [9.17, 15) is 14.7 Å². The zero-order valence-corrected chi connectivity index (χ0v) is 9.76. The minimum absolute atomic E-state index is 0.236. The number of aliphatic hydroxyl groups is 1. The summed E-state index contributed by atoms with van der Waals surface area (Å²) in [5.41, 5.74) is -0.828. The van der Waals surface area contributed by atoms with Crippen LogP contribution < -0.4 is 0 Å². The van der Waals surface area contributed by atoms with Gasteiger partial charge in [0.05, 0.1) is 19.6 Å². The number of carbonyl (C=O) groups is 2. The number of aliphatic hydroxyl groups excluding tert-OH is 1. The van der Waals surface area contributed by atoms with Crippen molar-refractivity contribution in [3.63, 3.8) is 0 Å². The van der Waals surface area contributed by atoms with Crippen molar-refractivity contribution in [2.24, 2.45) is 5.92 Å². The molecule has 0 saturated carbocycles. The third-order valence-corrected chi connectivity index (χ3v) is 4.03. The maximum Gasteiger partial charge on any atom is 0.326 e. The molecular weight excluding hydrogens is 226 g/mol. The van der Waals surface area contributed by atoms with E-state index < -0.39 is 23.5 Å². The molecule has 0 aromatic rings. The number of hydrogen-bond donors (Lipinski definition) is 2. The lowest BCUT2D eigenvalue weighted by Gasteiger charge is -2.31. The smallest absolute Gasteiger partial charge is 0.326 e. The number of fused-ring (bicyclic) bond motifs is 1. The Kier molecular flexibility index (Phi) is 3.09. The van der Waals surface area contributed by atoms with Crippen LogP contribution in [0, 0.1) is 5.92 Å². The zero-order chi connectivity index (χ0) is 12.6.